The monoisotopic (exact) mass is 322 g/mol. The predicted octanol–water partition coefficient (Wildman–Crippen LogP) is 3.64. The second kappa shape index (κ2) is 6.28. The first-order valence-corrected chi connectivity index (χ1v) is 6.85. The summed E-state index contributed by atoms with van der Waals surface area (Å²) in [6, 6.07) is 12.9. The lowest BCUT2D eigenvalue weighted by Crippen LogP contribution is -2.29. The van der Waals surface area contributed by atoms with E-state index >= 15 is 0 Å². The Labute approximate surface area is 120 Å². The number of nitrogens with two attached hydrogens (primary N) is 1. The maximum absolute atomic E-state index is 13.5. The Hall–Kier alpha value is -1.23. The van der Waals surface area contributed by atoms with Crippen molar-refractivity contribution in [2.75, 3.05) is 0 Å². The maximum atomic E-state index is 13.5. The summed E-state index contributed by atoms with van der Waals surface area (Å²) < 4.78 is 14.5. The Morgan fingerprint density at radius 2 is 2.05 bits per heavy atom. The summed E-state index contributed by atoms with van der Waals surface area (Å²) in [5, 5.41) is 0. The summed E-state index contributed by atoms with van der Waals surface area (Å²) >= 11 is 3.44. The number of hydrazine groups is 1. The first kappa shape index (κ1) is 14.2. The highest BCUT2D eigenvalue weighted by Gasteiger charge is 2.12. The molecule has 0 fully saturated rings. The van der Waals surface area contributed by atoms with E-state index in [1.165, 1.54) is 12.1 Å². The quantitative estimate of drug-likeness (QED) is 0.666. The van der Waals surface area contributed by atoms with Crippen LogP contribution in [0.15, 0.2) is 46.9 Å². The molecule has 2 rings (SSSR count). The number of halogens is 2. The van der Waals surface area contributed by atoms with Crippen LogP contribution in [0.3, 0.4) is 0 Å². The molecule has 2 nitrogen and oxygen atoms in total. The van der Waals surface area contributed by atoms with E-state index in [4.69, 9.17) is 5.84 Å². The van der Waals surface area contributed by atoms with Gasteiger partial charge in [-0.3, -0.25) is 11.3 Å². The van der Waals surface area contributed by atoms with Crippen LogP contribution in [0.5, 0.6) is 0 Å². The first-order valence-electron chi connectivity index (χ1n) is 6.06. The third-order valence-corrected chi connectivity index (χ3v) is 3.49. The first-order chi connectivity index (χ1) is 9.08. The summed E-state index contributed by atoms with van der Waals surface area (Å²) in [6.07, 6.45) is 0.707. The van der Waals surface area contributed by atoms with Gasteiger partial charge in [0.1, 0.15) is 5.82 Å². The van der Waals surface area contributed by atoms with Gasteiger partial charge < -0.3 is 0 Å². The number of aryl methyl sites for hydroxylation is 1. The van der Waals surface area contributed by atoms with Crippen LogP contribution in [0.4, 0.5) is 4.39 Å². The van der Waals surface area contributed by atoms with Crippen molar-refractivity contribution in [1.29, 1.82) is 0 Å². The molecule has 19 heavy (non-hydrogen) atoms. The number of rotatable bonds is 4. The Balaban J connectivity index is 2.24. The molecule has 0 aromatic heterocycles. The van der Waals surface area contributed by atoms with E-state index in [2.05, 4.69) is 21.4 Å². The summed E-state index contributed by atoms with van der Waals surface area (Å²) in [5.41, 5.74) is 5.65. The number of nitrogens with one attached hydrogen (secondary N) is 1. The number of hydrogen-bond acceptors (Lipinski definition) is 2. The van der Waals surface area contributed by atoms with Crippen molar-refractivity contribution in [2.45, 2.75) is 19.4 Å². The van der Waals surface area contributed by atoms with Crippen molar-refractivity contribution < 1.29 is 4.39 Å². The standard InChI is InChI=1S/C15H16BrFN2/c1-10-5-12(9-14(17)6-10)15(19-18)8-11-3-2-4-13(16)7-11/h2-7,9,15,19H,8,18H2,1H3. The van der Waals surface area contributed by atoms with Gasteiger partial charge >= 0.3 is 0 Å². The Bertz CT molecular complexity index is 552. The highest BCUT2D eigenvalue weighted by molar-refractivity contribution is 9.10. The Morgan fingerprint density at radius 3 is 2.68 bits per heavy atom. The molecule has 0 saturated carbocycles. The largest absolute Gasteiger partial charge is 0.271 e. The third-order valence-electron chi connectivity index (χ3n) is 3.00. The van der Waals surface area contributed by atoms with E-state index in [9.17, 15) is 4.39 Å². The minimum Gasteiger partial charge on any atom is -0.271 e. The molecule has 0 aliphatic carbocycles. The summed E-state index contributed by atoms with van der Waals surface area (Å²) in [7, 11) is 0. The van der Waals surface area contributed by atoms with Crippen LogP contribution in [0.1, 0.15) is 22.7 Å². The lowest BCUT2D eigenvalue weighted by atomic mass is 9.98. The lowest BCUT2D eigenvalue weighted by Gasteiger charge is -2.17. The van der Waals surface area contributed by atoms with Gasteiger partial charge in [-0.05, 0) is 54.3 Å². The van der Waals surface area contributed by atoms with Crippen LogP contribution in [0.25, 0.3) is 0 Å². The molecule has 0 aliphatic rings. The second-order valence-electron chi connectivity index (χ2n) is 4.62. The van der Waals surface area contributed by atoms with Gasteiger partial charge in [-0.25, -0.2) is 4.39 Å². The molecule has 0 heterocycles. The average Bonchev–Trinajstić information content (AvgIpc) is 2.34. The van der Waals surface area contributed by atoms with Crippen molar-refractivity contribution in [3.05, 3.63) is 69.4 Å². The fourth-order valence-electron chi connectivity index (χ4n) is 2.14. The second-order valence-corrected chi connectivity index (χ2v) is 5.53. The van der Waals surface area contributed by atoms with E-state index < -0.39 is 0 Å². The molecule has 4 heteroatoms. The molecule has 1 atom stereocenters. The van der Waals surface area contributed by atoms with Crippen molar-refractivity contribution in [1.82, 2.24) is 5.43 Å². The molecule has 1 unspecified atom stereocenters. The van der Waals surface area contributed by atoms with E-state index in [0.29, 0.717) is 6.42 Å². The molecule has 0 radical (unpaired) electrons. The highest BCUT2D eigenvalue weighted by atomic mass is 79.9. The van der Waals surface area contributed by atoms with Crippen LogP contribution >= 0.6 is 15.9 Å². The predicted molar refractivity (Wildman–Crippen MR) is 79.0 cm³/mol. The van der Waals surface area contributed by atoms with Gasteiger partial charge in [0.2, 0.25) is 0 Å². The fraction of sp³-hybridized carbons (Fsp3) is 0.200. The molecule has 0 spiro atoms. The van der Waals surface area contributed by atoms with Gasteiger partial charge in [-0.1, -0.05) is 34.1 Å². The smallest absolute Gasteiger partial charge is 0.123 e. The zero-order valence-electron chi connectivity index (χ0n) is 10.7. The van der Waals surface area contributed by atoms with Crippen molar-refractivity contribution in [2.24, 2.45) is 5.84 Å². The van der Waals surface area contributed by atoms with Crippen molar-refractivity contribution >= 4 is 15.9 Å². The van der Waals surface area contributed by atoms with E-state index in [-0.39, 0.29) is 11.9 Å². The van der Waals surface area contributed by atoms with Gasteiger partial charge in [0.15, 0.2) is 0 Å². The molecular formula is C15H16BrFN2. The molecule has 0 saturated heterocycles. The van der Waals surface area contributed by atoms with Gasteiger partial charge in [-0.2, -0.15) is 0 Å². The fourth-order valence-corrected chi connectivity index (χ4v) is 2.59. The highest BCUT2D eigenvalue weighted by Crippen LogP contribution is 2.22. The molecule has 2 aromatic rings. The topological polar surface area (TPSA) is 38.0 Å². The van der Waals surface area contributed by atoms with Crippen LogP contribution in [-0.2, 0) is 6.42 Å². The SMILES string of the molecule is Cc1cc(F)cc(C(Cc2cccc(Br)c2)NN)c1. The summed E-state index contributed by atoms with van der Waals surface area (Å²) in [4.78, 5) is 0. The van der Waals surface area contributed by atoms with E-state index in [1.54, 1.807) is 0 Å². The third kappa shape index (κ3) is 3.86. The van der Waals surface area contributed by atoms with Crippen LogP contribution in [0.2, 0.25) is 0 Å². The van der Waals surface area contributed by atoms with Gasteiger partial charge in [0.25, 0.3) is 0 Å². The van der Waals surface area contributed by atoms with Gasteiger partial charge in [0.05, 0.1) is 6.04 Å². The summed E-state index contributed by atoms with van der Waals surface area (Å²) in [6.45, 7) is 1.87. The number of hydrogen-bond donors (Lipinski definition) is 2. The zero-order valence-corrected chi connectivity index (χ0v) is 12.2. The van der Waals surface area contributed by atoms with E-state index in [0.717, 1.165) is 21.2 Å². The van der Waals surface area contributed by atoms with Crippen LogP contribution in [-0.4, -0.2) is 0 Å². The van der Waals surface area contributed by atoms with Gasteiger partial charge in [0, 0.05) is 4.47 Å². The molecule has 3 N–H and O–H groups in total. The number of benzene rings is 2. The Morgan fingerprint density at radius 1 is 1.26 bits per heavy atom. The molecule has 0 bridgehead atoms. The van der Waals surface area contributed by atoms with Crippen molar-refractivity contribution in [3.63, 3.8) is 0 Å². The lowest BCUT2D eigenvalue weighted by molar-refractivity contribution is 0.544. The Kier molecular flexibility index (Phi) is 4.69. The van der Waals surface area contributed by atoms with E-state index in [1.807, 2.05) is 37.3 Å². The van der Waals surface area contributed by atoms with Crippen molar-refractivity contribution in [3.8, 4) is 0 Å². The van der Waals surface area contributed by atoms with Gasteiger partial charge in [-0.15, -0.1) is 0 Å². The minimum atomic E-state index is -0.232. The molecular weight excluding hydrogens is 307 g/mol. The average molecular weight is 323 g/mol. The summed E-state index contributed by atoms with van der Waals surface area (Å²) in [5.74, 6) is 5.37. The molecule has 100 valence electrons. The normalized spacial score (nSPS) is 12.4. The minimum absolute atomic E-state index is 0.108. The zero-order chi connectivity index (χ0) is 13.8. The molecule has 0 amide bonds. The van der Waals surface area contributed by atoms with Crippen LogP contribution in [0, 0.1) is 12.7 Å². The maximum Gasteiger partial charge on any atom is 0.123 e. The molecule has 0 aliphatic heterocycles. The van der Waals surface area contributed by atoms with Crippen LogP contribution < -0.4 is 11.3 Å². The molecule has 2 aromatic carbocycles.